The van der Waals surface area contributed by atoms with Gasteiger partial charge in [-0.1, -0.05) is 6.92 Å². The van der Waals surface area contributed by atoms with E-state index in [1.165, 1.54) is 19.1 Å². The predicted molar refractivity (Wildman–Crippen MR) is 107 cm³/mol. The molecule has 3 rings (SSSR count). The van der Waals surface area contributed by atoms with Gasteiger partial charge in [0.25, 0.3) is 5.91 Å². The number of Topliss-reactive ketones (excluding diaryl/α,β-unsaturated/α-hetero) is 1. The van der Waals surface area contributed by atoms with Crippen LogP contribution in [0.4, 0.5) is 11.4 Å². The molecule has 0 radical (unpaired) electrons. The molecular weight excluding hydrogens is 376 g/mol. The summed E-state index contributed by atoms with van der Waals surface area (Å²) in [7, 11) is 3.02. The number of nitrogens with one attached hydrogen (secondary N) is 1. The molecule has 1 heterocycles. The van der Waals surface area contributed by atoms with Gasteiger partial charge in [0, 0.05) is 23.7 Å². The fraction of sp³-hybridized carbons (Fsp3) is 0.286. The van der Waals surface area contributed by atoms with Crippen molar-refractivity contribution < 1.29 is 28.6 Å². The van der Waals surface area contributed by atoms with E-state index in [0.717, 1.165) is 0 Å². The first-order valence-electron chi connectivity index (χ1n) is 9.09. The van der Waals surface area contributed by atoms with Crippen LogP contribution < -0.4 is 24.4 Å². The average molecular weight is 398 g/mol. The maximum Gasteiger partial charge on any atom is 0.265 e. The van der Waals surface area contributed by atoms with Gasteiger partial charge in [-0.25, -0.2) is 0 Å². The van der Waals surface area contributed by atoms with E-state index in [1.54, 1.807) is 43.3 Å². The molecule has 0 bridgehead atoms. The van der Waals surface area contributed by atoms with Gasteiger partial charge in [-0.05, 0) is 30.3 Å². The average Bonchev–Trinajstić information content (AvgIpc) is 2.74. The Kier molecular flexibility index (Phi) is 6.01. The van der Waals surface area contributed by atoms with E-state index in [9.17, 15) is 14.4 Å². The lowest BCUT2D eigenvalue weighted by Gasteiger charge is -2.29. The molecule has 0 atom stereocenters. The molecule has 8 nitrogen and oxygen atoms in total. The number of carbonyl (C=O) groups is 3. The smallest absolute Gasteiger partial charge is 0.265 e. The van der Waals surface area contributed by atoms with Crippen LogP contribution in [0.3, 0.4) is 0 Å². The van der Waals surface area contributed by atoms with E-state index in [4.69, 9.17) is 14.2 Å². The molecule has 2 aromatic rings. The Balaban J connectivity index is 1.80. The fourth-order valence-electron chi connectivity index (χ4n) is 3.01. The summed E-state index contributed by atoms with van der Waals surface area (Å²) in [6.45, 7) is 1.38. The van der Waals surface area contributed by atoms with Crippen LogP contribution in [-0.4, -0.2) is 45.0 Å². The van der Waals surface area contributed by atoms with Crippen molar-refractivity contribution in [3.8, 4) is 17.2 Å². The number of ketones is 1. The SMILES string of the molecule is CCC(=O)c1ccc2c(c1)N(CC(=O)Nc1ccc(OC)c(OC)c1)C(=O)CO2. The van der Waals surface area contributed by atoms with Crippen molar-refractivity contribution >= 4 is 29.0 Å². The van der Waals surface area contributed by atoms with E-state index in [1.807, 2.05) is 0 Å². The lowest BCUT2D eigenvalue weighted by atomic mass is 10.1. The molecule has 0 aliphatic carbocycles. The minimum Gasteiger partial charge on any atom is -0.493 e. The number of carbonyl (C=O) groups excluding carboxylic acids is 3. The molecule has 1 aliphatic rings. The number of amides is 2. The van der Waals surface area contributed by atoms with E-state index >= 15 is 0 Å². The summed E-state index contributed by atoms with van der Waals surface area (Å²) >= 11 is 0. The number of benzene rings is 2. The van der Waals surface area contributed by atoms with E-state index in [-0.39, 0.29) is 24.8 Å². The van der Waals surface area contributed by atoms with Crippen molar-refractivity contribution in [1.82, 2.24) is 0 Å². The zero-order valence-electron chi connectivity index (χ0n) is 16.5. The first-order valence-corrected chi connectivity index (χ1v) is 9.09. The van der Waals surface area contributed by atoms with Crippen molar-refractivity contribution in [3.05, 3.63) is 42.0 Å². The van der Waals surface area contributed by atoms with Gasteiger partial charge in [-0.2, -0.15) is 0 Å². The Bertz CT molecular complexity index is 956. The number of fused-ring (bicyclic) bond motifs is 1. The number of hydrogen-bond donors (Lipinski definition) is 1. The van der Waals surface area contributed by atoms with Gasteiger partial charge < -0.3 is 19.5 Å². The molecule has 0 saturated carbocycles. The largest absolute Gasteiger partial charge is 0.493 e. The normalized spacial score (nSPS) is 12.7. The summed E-state index contributed by atoms with van der Waals surface area (Å²) in [6.07, 6.45) is 0.341. The Morgan fingerprint density at radius 2 is 1.86 bits per heavy atom. The number of hydrogen-bond acceptors (Lipinski definition) is 6. The number of ether oxygens (including phenoxy) is 3. The number of rotatable bonds is 7. The van der Waals surface area contributed by atoms with Crippen molar-refractivity contribution in [2.45, 2.75) is 13.3 Å². The third-order valence-electron chi connectivity index (χ3n) is 4.51. The third-order valence-corrected chi connectivity index (χ3v) is 4.51. The Morgan fingerprint density at radius 3 is 2.55 bits per heavy atom. The lowest BCUT2D eigenvalue weighted by molar-refractivity contribution is -0.123. The van der Waals surface area contributed by atoms with Gasteiger partial charge >= 0.3 is 0 Å². The van der Waals surface area contributed by atoms with Gasteiger partial charge in [0.15, 0.2) is 23.9 Å². The van der Waals surface area contributed by atoms with Crippen molar-refractivity contribution in [1.29, 1.82) is 0 Å². The number of methoxy groups -OCH3 is 2. The zero-order chi connectivity index (χ0) is 21.0. The molecule has 29 heavy (non-hydrogen) atoms. The zero-order valence-corrected chi connectivity index (χ0v) is 16.5. The van der Waals surface area contributed by atoms with Gasteiger partial charge in [0.1, 0.15) is 12.3 Å². The molecule has 152 valence electrons. The summed E-state index contributed by atoms with van der Waals surface area (Å²) in [4.78, 5) is 38.3. The molecule has 0 spiro atoms. The quantitative estimate of drug-likeness (QED) is 0.721. The van der Waals surface area contributed by atoms with E-state index in [0.29, 0.717) is 40.6 Å². The Hall–Kier alpha value is -3.55. The van der Waals surface area contributed by atoms with Crippen LogP contribution in [0.15, 0.2) is 36.4 Å². The molecule has 1 aliphatic heterocycles. The highest BCUT2D eigenvalue weighted by molar-refractivity contribution is 6.06. The molecule has 2 aromatic carbocycles. The first-order chi connectivity index (χ1) is 14.0. The van der Waals surface area contributed by atoms with Crippen molar-refractivity contribution in [2.75, 3.05) is 37.6 Å². The monoisotopic (exact) mass is 398 g/mol. The van der Waals surface area contributed by atoms with Gasteiger partial charge in [-0.3, -0.25) is 19.3 Å². The Morgan fingerprint density at radius 1 is 1.10 bits per heavy atom. The van der Waals surface area contributed by atoms with Gasteiger partial charge in [0.2, 0.25) is 5.91 Å². The minimum absolute atomic E-state index is 0.0550. The Labute approximate surface area is 168 Å². The second-order valence-corrected chi connectivity index (χ2v) is 6.35. The number of anilines is 2. The molecule has 0 saturated heterocycles. The highest BCUT2D eigenvalue weighted by Crippen LogP contribution is 2.33. The summed E-state index contributed by atoms with van der Waals surface area (Å²) in [6, 6.07) is 9.86. The summed E-state index contributed by atoms with van der Waals surface area (Å²) < 4.78 is 15.8. The van der Waals surface area contributed by atoms with E-state index in [2.05, 4.69) is 5.32 Å². The summed E-state index contributed by atoms with van der Waals surface area (Å²) in [5.74, 6) is 0.653. The second-order valence-electron chi connectivity index (χ2n) is 6.35. The lowest BCUT2D eigenvalue weighted by Crippen LogP contribution is -2.43. The highest BCUT2D eigenvalue weighted by Gasteiger charge is 2.28. The maximum absolute atomic E-state index is 12.6. The number of nitrogens with zero attached hydrogens (tertiary/aromatic N) is 1. The standard InChI is InChI=1S/C21H22N2O6/c1-4-16(24)13-5-7-17-15(9-13)23(21(26)12-29-17)11-20(25)22-14-6-8-18(27-2)19(10-14)28-3/h5-10H,4,11-12H2,1-3H3,(H,22,25). The molecular formula is C21H22N2O6. The molecule has 0 fully saturated rings. The fourth-order valence-corrected chi connectivity index (χ4v) is 3.01. The topological polar surface area (TPSA) is 94.2 Å². The van der Waals surface area contributed by atoms with Crippen LogP contribution >= 0.6 is 0 Å². The first kappa shape index (κ1) is 20.2. The summed E-state index contributed by atoms with van der Waals surface area (Å²) in [5, 5.41) is 2.74. The van der Waals surface area contributed by atoms with Crippen LogP contribution in [0.25, 0.3) is 0 Å². The van der Waals surface area contributed by atoms with Crippen LogP contribution in [-0.2, 0) is 9.59 Å². The van der Waals surface area contributed by atoms with Crippen LogP contribution in [0, 0.1) is 0 Å². The third kappa shape index (κ3) is 4.31. The molecule has 2 amide bonds. The molecule has 1 N–H and O–H groups in total. The van der Waals surface area contributed by atoms with Crippen LogP contribution in [0.2, 0.25) is 0 Å². The minimum atomic E-state index is -0.398. The maximum atomic E-state index is 12.6. The molecule has 0 aromatic heterocycles. The van der Waals surface area contributed by atoms with Gasteiger partial charge in [-0.15, -0.1) is 0 Å². The van der Waals surface area contributed by atoms with Crippen LogP contribution in [0.5, 0.6) is 17.2 Å². The van der Waals surface area contributed by atoms with Crippen LogP contribution in [0.1, 0.15) is 23.7 Å². The molecule has 0 unspecified atom stereocenters. The summed E-state index contributed by atoms with van der Waals surface area (Å²) in [5.41, 5.74) is 1.38. The predicted octanol–water partition coefficient (Wildman–Crippen LogP) is 2.66. The highest BCUT2D eigenvalue weighted by atomic mass is 16.5. The van der Waals surface area contributed by atoms with Gasteiger partial charge in [0.05, 0.1) is 19.9 Å². The second kappa shape index (κ2) is 8.64. The molecule has 8 heteroatoms. The van der Waals surface area contributed by atoms with Crippen molar-refractivity contribution in [3.63, 3.8) is 0 Å². The van der Waals surface area contributed by atoms with E-state index < -0.39 is 5.91 Å². The van der Waals surface area contributed by atoms with Crippen molar-refractivity contribution in [2.24, 2.45) is 0 Å².